The molecule has 5 nitrogen and oxygen atoms in total. The maximum atomic E-state index is 5.81. The van der Waals surface area contributed by atoms with Crippen molar-refractivity contribution < 1.29 is 4.74 Å². The van der Waals surface area contributed by atoms with Gasteiger partial charge < -0.3 is 15.4 Å². The first kappa shape index (κ1) is 12.6. The molecule has 17 heavy (non-hydrogen) atoms. The van der Waals surface area contributed by atoms with Gasteiger partial charge in [0.15, 0.2) is 0 Å². The number of anilines is 1. The van der Waals surface area contributed by atoms with Crippen LogP contribution < -0.4 is 15.4 Å². The van der Waals surface area contributed by atoms with Crippen LogP contribution in [0.3, 0.4) is 0 Å². The summed E-state index contributed by atoms with van der Waals surface area (Å²) in [6.45, 7) is 0.628. The summed E-state index contributed by atoms with van der Waals surface area (Å²) in [5.41, 5.74) is 5.81. The van der Waals surface area contributed by atoms with Crippen LogP contribution in [-0.4, -0.2) is 36.7 Å². The Morgan fingerprint density at radius 1 is 1.65 bits per heavy atom. The summed E-state index contributed by atoms with van der Waals surface area (Å²) in [5, 5.41) is 0. The van der Waals surface area contributed by atoms with Crippen LogP contribution in [0, 0.1) is 5.92 Å². The fourth-order valence-corrected chi connectivity index (χ4v) is 2.30. The lowest BCUT2D eigenvalue weighted by Crippen LogP contribution is -2.40. The quantitative estimate of drug-likeness (QED) is 0.891. The van der Waals surface area contributed by atoms with Gasteiger partial charge in [0, 0.05) is 19.6 Å². The van der Waals surface area contributed by atoms with E-state index in [1.807, 2.05) is 11.9 Å². The standard InChI is InChI=1S/C11H17BrN4O/c1-16(9(5-13)7-3-4-7)11-14-6-8(12)10(15-11)17-2/h6-7,9H,3-5,13H2,1-2H3. The van der Waals surface area contributed by atoms with Gasteiger partial charge >= 0.3 is 0 Å². The maximum absolute atomic E-state index is 5.81. The minimum absolute atomic E-state index is 0.320. The number of rotatable bonds is 5. The number of halogens is 1. The monoisotopic (exact) mass is 300 g/mol. The second-order valence-electron chi connectivity index (χ2n) is 4.28. The molecule has 1 saturated carbocycles. The van der Waals surface area contributed by atoms with Gasteiger partial charge in [-0.15, -0.1) is 0 Å². The van der Waals surface area contributed by atoms with Crippen molar-refractivity contribution in [3.05, 3.63) is 10.7 Å². The van der Waals surface area contributed by atoms with E-state index in [1.165, 1.54) is 12.8 Å². The third kappa shape index (κ3) is 2.69. The number of aromatic nitrogens is 2. The Kier molecular flexibility index (Phi) is 3.83. The molecule has 0 aromatic carbocycles. The molecule has 2 N–H and O–H groups in total. The van der Waals surface area contributed by atoms with Gasteiger partial charge in [-0.25, -0.2) is 4.98 Å². The van der Waals surface area contributed by atoms with Gasteiger partial charge in [-0.3, -0.25) is 0 Å². The number of nitrogens with zero attached hydrogens (tertiary/aromatic N) is 3. The number of methoxy groups -OCH3 is 1. The Balaban J connectivity index is 2.20. The van der Waals surface area contributed by atoms with E-state index < -0.39 is 0 Å². The Labute approximate surface area is 110 Å². The lowest BCUT2D eigenvalue weighted by Gasteiger charge is -2.27. The molecule has 1 aromatic heterocycles. The molecule has 94 valence electrons. The van der Waals surface area contributed by atoms with E-state index in [9.17, 15) is 0 Å². The Morgan fingerprint density at radius 2 is 2.35 bits per heavy atom. The molecule has 1 aliphatic rings. The van der Waals surface area contributed by atoms with Crippen molar-refractivity contribution in [2.75, 3.05) is 25.6 Å². The molecule has 1 atom stereocenters. The SMILES string of the molecule is COc1nc(N(C)C(CN)C2CC2)ncc1Br. The number of hydrogen-bond acceptors (Lipinski definition) is 5. The summed E-state index contributed by atoms with van der Waals surface area (Å²) in [6, 6.07) is 0.320. The van der Waals surface area contributed by atoms with Crippen LogP contribution in [0.25, 0.3) is 0 Å². The summed E-state index contributed by atoms with van der Waals surface area (Å²) >= 11 is 3.34. The highest BCUT2D eigenvalue weighted by Gasteiger charge is 2.34. The topological polar surface area (TPSA) is 64.3 Å². The normalized spacial score (nSPS) is 16.7. The van der Waals surface area contributed by atoms with Crippen LogP contribution >= 0.6 is 15.9 Å². The Hall–Kier alpha value is -0.880. The van der Waals surface area contributed by atoms with Crippen LogP contribution in [0.2, 0.25) is 0 Å². The van der Waals surface area contributed by atoms with Crippen molar-refractivity contribution >= 4 is 21.9 Å². The lowest BCUT2D eigenvalue weighted by molar-refractivity contribution is 0.393. The molecule has 6 heteroatoms. The van der Waals surface area contributed by atoms with Crippen LogP contribution in [0.1, 0.15) is 12.8 Å². The molecule has 0 amide bonds. The summed E-state index contributed by atoms with van der Waals surface area (Å²) in [5.74, 6) is 1.89. The van der Waals surface area contributed by atoms with Gasteiger partial charge in [0.1, 0.15) is 0 Å². The van der Waals surface area contributed by atoms with Crippen molar-refractivity contribution in [2.24, 2.45) is 11.7 Å². The molecule has 1 heterocycles. The smallest absolute Gasteiger partial charge is 0.232 e. The van der Waals surface area contributed by atoms with Crippen LogP contribution in [0.5, 0.6) is 5.88 Å². The highest BCUT2D eigenvalue weighted by molar-refractivity contribution is 9.10. The van der Waals surface area contributed by atoms with Gasteiger partial charge in [0.2, 0.25) is 11.8 Å². The molecule has 0 saturated heterocycles. The van der Waals surface area contributed by atoms with E-state index in [4.69, 9.17) is 10.5 Å². The number of nitrogens with two attached hydrogens (primary N) is 1. The van der Waals surface area contributed by atoms with E-state index in [-0.39, 0.29) is 0 Å². The fraction of sp³-hybridized carbons (Fsp3) is 0.636. The molecule has 1 unspecified atom stereocenters. The van der Waals surface area contributed by atoms with E-state index in [1.54, 1.807) is 13.3 Å². The number of ether oxygens (including phenoxy) is 1. The van der Waals surface area contributed by atoms with Crippen LogP contribution in [-0.2, 0) is 0 Å². The van der Waals surface area contributed by atoms with E-state index in [0.717, 1.165) is 4.47 Å². The Morgan fingerprint density at radius 3 is 2.88 bits per heavy atom. The van der Waals surface area contributed by atoms with E-state index >= 15 is 0 Å². The molecule has 0 radical (unpaired) electrons. The highest BCUT2D eigenvalue weighted by Crippen LogP contribution is 2.35. The van der Waals surface area contributed by atoms with Crippen LogP contribution in [0.15, 0.2) is 10.7 Å². The van der Waals surface area contributed by atoms with Gasteiger partial charge in [-0.05, 0) is 34.7 Å². The predicted molar refractivity (Wildman–Crippen MR) is 70.3 cm³/mol. The second-order valence-corrected chi connectivity index (χ2v) is 5.13. The summed E-state index contributed by atoms with van der Waals surface area (Å²) in [4.78, 5) is 10.7. The Bertz CT molecular complexity index is 397. The molecule has 1 aliphatic carbocycles. The molecular formula is C11H17BrN4O. The van der Waals surface area contributed by atoms with Gasteiger partial charge in [0.25, 0.3) is 0 Å². The summed E-state index contributed by atoms with van der Waals surface area (Å²) < 4.78 is 5.93. The van der Waals surface area contributed by atoms with Crippen LogP contribution in [0.4, 0.5) is 5.95 Å². The van der Waals surface area contributed by atoms with E-state index in [2.05, 4.69) is 25.9 Å². The lowest BCUT2D eigenvalue weighted by atomic mass is 10.1. The van der Waals surface area contributed by atoms with E-state index in [0.29, 0.717) is 30.3 Å². The zero-order valence-electron chi connectivity index (χ0n) is 10.1. The van der Waals surface area contributed by atoms with Crippen molar-refractivity contribution in [1.82, 2.24) is 9.97 Å². The third-order valence-corrected chi connectivity index (χ3v) is 3.66. The third-order valence-electron chi connectivity index (χ3n) is 3.11. The average molecular weight is 301 g/mol. The summed E-state index contributed by atoms with van der Waals surface area (Å²) in [7, 11) is 3.58. The van der Waals surface area contributed by atoms with Crippen molar-refractivity contribution in [3.63, 3.8) is 0 Å². The van der Waals surface area contributed by atoms with Gasteiger partial charge in [0.05, 0.1) is 17.8 Å². The zero-order chi connectivity index (χ0) is 12.4. The minimum atomic E-state index is 0.320. The van der Waals surface area contributed by atoms with Crippen molar-refractivity contribution in [3.8, 4) is 5.88 Å². The molecule has 1 aromatic rings. The number of likely N-dealkylation sites (N-methyl/N-ethyl adjacent to an activating group) is 1. The second kappa shape index (κ2) is 5.18. The predicted octanol–water partition coefficient (Wildman–Crippen LogP) is 1.42. The first-order chi connectivity index (χ1) is 8.17. The minimum Gasteiger partial charge on any atom is -0.480 e. The highest BCUT2D eigenvalue weighted by atomic mass is 79.9. The molecule has 1 fully saturated rings. The average Bonchev–Trinajstić information content (AvgIpc) is 3.15. The molecular weight excluding hydrogens is 284 g/mol. The van der Waals surface area contributed by atoms with Crippen molar-refractivity contribution in [2.45, 2.75) is 18.9 Å². The molecule has 0 bridgehead atoms. The fourth-order valence-electron chi connectivity index (χ4n) is 1.95. The molecule has 0 spiro atoms. The first-order valence-corrected chi connectivity index (χ1v) is 6.46. The largest absolute Gasteiger partial charge is 0.480 e. The van der Waals surface area contributed by atoms with Gasteiger partial charge in [-0.2, -0.15) is 4.98 Å². The molecule has 2 rings (SSSR count). The maximum Gasteiger partial charge on any atom is 0.232 e. The van der Waals surface area contributed by atoms with Crippen molar-refractivity contribution in [1.29, 1.82) is 0 Å². The number of hydrogen-bond donors (Lipinski definition) is 1. The molecule has 0 aliphatic heterocycles. The zero-order valence-corrected chi connectivity index (χ0v) is 11.6. The first-order valence-electron chi connectivity index (χ1n) is 5.66. The van der Waals surface area contributed by atoms with Gasteiger partial charge in [-0.1, -0.05) is 0 Å². The summed E-state index contributed by atoms with van der Waals surface area (Å²) in [6.07, 6.45) is 4.21.